The monoisotopic (exact) mass is 425 g/mol. The molecule has 2 fully saturated rings. The fourth-order valence-electron chi connectivity index (χ4n) is 5.33. The summed E-state index contributed by atoms with van der Waals surface area (Å²) in [5.74, 6) is 0.991. The molecule has 1 aromatic carbocycles. The lowest BCUT2D eigenvalue weighted by molar-refractivity contribution is -0.153. The van der Waals surface area contributed by atoms with E-state index in [9.17, 15) is 9.59 Å². The number of likely N-dealkylation sites (tertiary alicyclic amines) is 1. The van der Waals surface area contributed by atoms with Crippen molar-refractivity contribution in [1.29, 1.82) is 0 Å². The first-order valence-corrected chi connectivity index (χ1v) is 11.7. The van der Waals surface area contributed by atoms with Crippen molar-refractivity contribution in [3.05, 3.63) is 30.0 Å². The van der Waals surface area contributed by atoms with E-state index in [0.29, 0.717) is 19.4 Å². The zero-order valence-electron chi connectivity index (χ0n) is 18.9. The van der Waals surface area contributed by atoms with E-state index >= 15 is 0 Å². The molecule has 2 aliphatic rings. The zero-order chi connectivity index (χ0) is 21.8. The number of imide groups is 1. The maximum Gasteiger partial charge on any atom is 0.229 e. The number of fused-ring (bicyclic) bond motifs is 1. The van der Waals surface area contributed by atoms with Gasteiger partial charge in [-0.2, -0.15) is 0 Å². The highest BCUT2D eigenvalue weighted by molar-refractivity contribution is 5.98. The highest BCUT2D eigenvalue weighted by Gasteiger charge is 2.44. The predicted molar refractivity (Wildman–Crippen MR) is 122 cm³/mol. The topological polar surface area (TPSA) is 65.6 Å². The van der Waals surface area contributed by atoms with Crippen LogP contribution in [0.25, 0.3) is 10.9 Å². The Kier molecular flexibility index (Phi) is 6.65. The number of ether oxygens (including phenoxy) is 1. The van der Waals surface area contributed by atoms with Gasteiger partial charge in [-0.05, 0) is 74.9 Å². The molecule has 6 heteroatoms. The van der Waals surface area contributed by atoms with Crippen LogP contribution in [0.4, 0.5) is 0 Å². The first-order valence-electron chi connectivity index (χ1n) is 11.7. The summed E-state index contributed by atoms with van der Waals surface area (Å²) < 4.78 is 5.35. The number of benzene rings is 1. The molecular formula is C25H35N3O3. The normalized spacial score (nSPS) is 18.6. The number of carbonyl (C=O) groups is 2. The molecular weight excluding hydrogens is 390 g/mol. The molecule has 1 aromatic heterocycles. The summed E-state index contributed by atoms with van der Waals surface area (Å²) in [5, 5.41) is 1.22. The van der Waals surface area contributed by atoms with Crippen molar-refractivity contribution in [2.45, 2.75) is 57.8 Å². The van der Waals surface area contributed by atoms with Gasteiger partial charge in [0.05, 0.1) is 7.11 Å². The summed E-state index contributed by atoms with van der Waals surface area (Å²) in [5.41, 5.74) is 2.43. The van der Waals surface area contributed by atoms with Crippen LogP contribution in [-0.4, -0.2) is 60.4 Å². The van der Waals surface area contributed by atoms with Gasteiger partial charge in [0.2, 0.25) is 11.8 Å². The molecule has 1 saturated carbocycles. The summed E-state index contributed by atoms with van der Waals surface area (Å²) >= 11 is 0. The minimum atomic E-state index is -0.00268. The molecule has 2 amide bonds. The largest absolute Gasteiger partial charge is 0.497 e. The standard InChI is InChI=1S/C25H35N3O3/c1-27(14-9-19-18-26-22-8-7-20(31-2)15-21(19)22)12-5-6-13-28-23(29)16-25(17-24(28)30)10-3-4-11-25/h7-8,15,18,26H,3-6,9-14,16-17H2,1-2H3. The Morgan fingerprint density at radius 3 is 2.55 bits per heavy atom. The Labute approximate surface area is 184 Å². The van der Waals surface area contributed by atoms with E-state index in [0.717, 1.165) is 56.5 Å². The third-order valence-corrected chi connectivity index (χ3v) is 7.23. The number of aromatic amines is 1. The van der Waals surface area contributed by atoms with Gasteiger partial charge < -0.3 is 14.6 Å². The Morgan fingerprint density at radius 2 is 1.84 bits per heavy atom. The number of nitrogens with one attached hydrogen (secondary N) is 1. The molecule has 0 radical (unpaired) electrons. The maximum atomic E-state index is 12.6. The van der Waals surface area contributed by atoms with Crippen molar-refractivity contribution in [1.82, 2.24) is 14.8 Å². The van der Waals surface area contributed by atoms with Crippen LogP contribution < -0.4 is 4.74 Å². The van der Waals surface area contributed by atoms with Gasteiger partial charge in [-0.3, -0.25) is 14.5 Å². The molecule has 1 N–H and O–H groups in total. The minimum absolute atomic E-state index is 0.00268. The molecule has 0 atom stereocenters. The quantitative estimate of drug-likeness (QED) is 0.484. The van der Waals surface area contributed by atoms with Gasteiger partial charge in [-0.25, -0.2) is 0 Å². The number of nitrogens with zero attached hydrogens (tertiary/aromatic N) is 2. The second-order valence-corrected chi connectivity index (χ2v) is 9.49. The van der Waals surface area contributed by atoms with Crippen molar-refractivity contribution in [2.75, 3.05) is 33.8 Å². The van der Waals surface area contributed by atoms with Crippen molar-refractivity contribution in [2.24, 2.45) is 5.41 Å². The van der Waals surface area contributed by atoms with Crippen molar-refractivity contribution in [3.8, 4) is 5.75 Å². The van der Waals surface area contributed by atoms with Gasteiger partial charge in [0, 0.05) is 43.0 Å². The van der Waals surface area contributed by atoms with Crippen molar-refractivity contribution < 1.29 is 14.3 Å². The second kappa shape index (κ2) is 9.43. The van der Waals surface area contributed by atoms with Crippen LogP contribution in [0.2, 0.25) is 0 Å². The Morgan fingerprint density at radius 1 is 1.10 bits per heavy atom. The van der Waals surface area contributed by atoms with E-state index in [2.05, 4.69) is 35.3 Å². The number of amides is 2. The number of H-pyrrole nitrogens is 1. The fourth-order valence-corrected chi connectivity index (χ4v) is 5.33. The van der Waals surface area contributed by atoms with Gasteiger partial charge >= 0.3 is 0 Å². The van der Waals surface area contributed by atoms with Crippen LogP contribution in [0.5, 0.6) is 5.75 Å². The first kappa shape index (κ1) is 21.9. The molecule has 168 valence electrons. The summed E-state index contributed by atoms with van der Waals surface area (Å²) in [6.45, 7) is 2.50. The molecule has 0 unspecified atom stereocenters. The summed E-state index contributed by atoms with van der Waals surface area (Å²) in [4.78, 5) is 32.3. The average molecular weight is 426 g/mol. The number of aromatic nitrogens is 1. The summed E-state index contributed by atoms with van der Waals surface area (Å²) in [7, 11) is 3.83. The number of unbranched alkanes of at least 4 members (excludes halogenated alkanes) is 1. The number of carbonyl (C=O) groups excluding carboxylic acids is 2. The van der Waals surface area contributed by atoms with Crippen LogP contribution >= 0.6 is 0 Å². The van der Waals surface area contributed by atoms with Gasteiger partial charge in [0.15, 0.2) is 0 Å². The molecule has 2 heterocycles. The molecule has 1 aliphatic carbocycles. The van der Waals surface area contributed by atoms with Crippen molar-refractivity contribution >= 4 is 22.7 Å². The molecule has 1 aliphatic heterocycles. The predicted octanol–water partition coefficient (Wildman–Crippen LogP) is 4.14. The summed E-state index contributed by atoms with van der Waals surface area (Å²) in [6, 6.07) is 6.11. The maximum absolute atomic E-state index is 12.6. The smallest absolute Gasteiger partial charge is 0.229 e. The summed E-state index contributed by atoms with van der Waals surface area (Å²) in [6.07, 6.45) is 10.5. The van der Waals surface area contributed by atoms with Crippen LogP contribution in [0, 0.1) is 5.41 Å². The highest BCUT2D eigenvalue weighted by atomic mass is 16.5. The van der Waals surface area contributed by atoms with Crippen LogP contribution in [0.1, 0.15) is 56.9 Å². The number of methoxy groups -OCH3 is 1. The average Bonchev–Trinajstić information content (AvgIpc) is 3.37. The zero-order valence-corrected chi connectivity index (χ0v) is 18.9. The van der Waals surface area contributed by atoms with E-state index in [1.807, 2.05) is 6.07 Å². The third kappa shape index (κ3) is 4.95. The SMILES string of the molecule is COc1ccc2[nH]cc(CCN(C)CCCCN3C(=O)CC4(CCCC4)CC3=O)c2c1. The molecule has 2 aromatic rings. The first-order chi connectivity index (χ1) is 15.0. The molecule has 0 bridgehead atoms. The highest BCUT2D eigenvalue weighted by Crippen LogP contribution is 2.46. The number of likely N-dealkylation sites (N-methyl/N-ethyl adjacent to an activating group) is 1. The van der Waals surface area contributed by atoms with E-state index < -0.39 is 0 Å². The number of rotatable bonds is 9. The molecule has 4 rings (SSSR count). The van der Waals surface area contributed by atoms with Crippen LogP contribution in [0.3, 0.4) is 0 Å². The lowest BCUT2D eigenvalue weighted by Crippen LogP contribution is -2.47. The molecule has 31 heavy (non-hydrogen) atoms. The number of hydrogen-bond acceptors (Lipinski definition) is 4. The lowest BCUT2D eigenvalue weighted by atomic mass is 9.76. The molecule has 1 saturated heterocycles. The molecule has 6 nitrogen and oxygen atoms in total. The van der Waals surface area contributed by atoms with Crippen LogP contribution in [0.15, 0.2) is 24.4 Å². The lowest BCUT2D eigenvalue weighted by Gasteiger charge is -2.37. The molecule has 1 spiro atoms. The minimum Gasteiger partial charge on any atom is -0.497 e. The fraction of sp³-hybridized carbons (Fsp3) is 0.600. The second-order valence-electron chi connectivity index (χ2n) is 9.49. The number of hydrogen-bond donors (Lipinski definition) is 1. The van der Waals surface area contributed by atoms with E-state index in [1.54, 1.807) is 7.11 Å². The van der Waals surface area contributed by atoms with E-state index in [1.165, 1.54) is 28.7 Å². The Bertz CT molecular complexity index is 909. The van der Waals surface area contributed by atoms with Gasteiger partial charge in [0.25, 0.3) is 0 Å². The Hall–Kier alpha value is -2.34. The third-order valence-electron chi connectivity index (χ3n) is 7.23. The Balaban J connectivity index is 1.19. The van der Waals surface area contributed by atoms with E-state index in [4.69, 9.17) is 4.74 Å². The van der Waals surface area contributed by atoms with Gasteiger partial charge in [-0.15, -0.1) is 0 Å². The van der Waals surface area contributed by atoms with Crippen LogP contribution in [-0.2, 0) is 16.0 Å². The van der Waals surface area contributed by atoms with E-state index in [-0.39, 0.29) is 17.2 Å². The van der Waals surface area contributed by atoms with Gasteiger partial charge in [-0.1, -0.05) is 12.8 Å². The van der Waals surface area contributed by atoms with Crippen molar-refractivity contribution in [3.63, 3.8) is 0 Å². The number of piperidine rings is 1. The van der Waals surface area contributed by atoms with Gasteiger partial charge in [0.1, 0.15) is 5.75 Å².